The van der Waals surface area contributed by atoms with E-state index >= 15 is 0 Å². The molecule has 2 heteroatoms. The predicted molar refractivity (Wildman–Crippen MR) is 98.8 cm³/mol. The highest BCUT2D eigenvalue weighted by Crippen LogP contribution is 2.27. The van der Waals surface area contributed by atoms with Gasteiger partial charge in [0.05, 0.1) is 0 Å². The van der Waals surface area contributed by atoms with E-state index in [0.29, 0.717) is 24.8 Å². The van der Waals surface area contributed by atoms with E-state index in [1.54, 1.807) is 0 Å². The molecule has 24 heavy (non-hydrogen) atoms. The fraction of sp³-hybridized carbons (Fsp3) is 0.318. The lowest BCUT2D eigenvalue weighted by Gasteiger charge is -2.18. The minimum absolute atomic E-state index is 0.173. The first-order valence-corrected chi connectivity index (χ1v) is 8.86. The molecule has 2 nitrogen and oxygen atoms in total. The van der Waals surface area contributed by atoms with Gasteiger partial charge in [-0.1, -0.05) is 72.8 Å². The Morgan fingerprint density at radius 1 is 1.00 bits per heavy atom. The molecule has 0 bridgehead atoms. The van der Waals surface area contributed by atoms with Gasteiger partial charge >= 0.3 is 0 Å². The van der Waals surface area contributed by atoms with Crippen molar-refractivity contribution in [2.75, 3.05) is 6.54 Å². The fourth-order valence-electron chi connectivity index (χ4n) is 3.43. The molecule has 0 saturated carbocycles. The van der Waals surface area contributed by atoms with Crippen LogP contribution in [0.3, 0.4) is 0 Å². The minimum Gasteiger partial charge on any atom is -0.356 e. The van der Waals surface area contributed by atoms with Crippen LogP contribution in [0.5, 0.6) is 0 Å². The molecule has 1 N–H and O–H groups in total. The molecule has 0 radical (unpaired) electrons. The van der Waals surface area contributed by atoms with Crippen LogP contribution in [0.25, 0.3) is 0 Å². The molecule has 1 aliphatic carbocycles. The Hall–Kier alpha value is -2.35. The van der Waals surface area contributed by atoms with Crippen LogP contribution in [0.4, 0.5) is 0 Å². The first-order chi connectivity index (χ1) is 11.8. The number of carbonyl (C=O) groups excluding carboxylic acids is 1. The van der Waals surface area contributed by atoms with E-state index in [1.165, 1.54) is 11.1 Å². The monoisotopic (exact) mass is 319 g/mol. The van der Waals surface area contributed by atoms with Crippen LogP contribution in [0.2, 0.25) is 0 Å². The van der Waals surface area contributed by atoms with E-state index in [9.17, 15) is 4.79 Å². The van der Waals surface area contributed by atoms with Crippen molar-refractivity contribution in [3.63, 3.8) is 0 Å². The Morgan fingerprint density at radius 3 is 2.17 bits per heavy atom. The fourth-order valence-corrected chi connectivity index (χ4v) is 3.43. The molecular weight excluding hydrogens is 294 g/mol. The second-order valence-electron chi connectivity index (χ2n) is 6.48. The maximum absolute atomic E-state index is 12.1. The number of amides is 1. The molecule has 0 aliphatic heterocycles. The van der Waals surface area contributed by atoms with Gasteiger partial charge in [0, 0.05) is 18.9 Å². The third kappa shape index (κ3) is 4.58. The van der Waals surface area contributed by atoms with E-state index in [1.807, 2.05) is 12.1 Å². The molecule has 2 aromatic carbocycles. The maximum atomic E-state index is 12.1. The summed E-state index contributed by atoms with van der Waals surface area (Å²) in [6, 6.07) is 21.1. The quantitative estimate of drug-likeness (QED) is 0.738. The highest BCUT2D eigenvalue weighted by molar-refractivity contribution is 5.76. The van der Waals surface area contributed by atoms with Crippen LogP contribution in [-0.4, -0.2) is 12.5 Å². The zero-order chi connectivity index (χ0) is 16.6. The summed E-state index contributed by atoms with van der Waals surface area (Å²) in [5.74, 6) is 0.926. The molecule has 1 atom stereocenters. The van der Waals surface area contributed by atoms with Crippen LogP contribution < -0.4 is 5.32 Å². The van der Waals surface area contributed by atoms with Gasteiger partial charge in [0.25, 0.3) is 0 Å². The maximum Gasteiger partial charge on any atom is 0.220 e. The Balaban J connectivity index is 1.58. The summed E-state index contributed by atoms with van der Waals surface area (Å²) in [5.41, 5.74) is 2.60. The number of benzene rings is 2. The van der Waals surface area contributed by atoms with Crippen LogP contribution >= 0.6 is 0 Å². The number of hydrogen-bond donors (Lipinski definition) is 1. The average molecular weight is 319 g/mol. The van der Waals surface area contributed by atoms with Gasteiger partial charge in [-0.25, -0.2) is 0 Å². The van der Waals surface area contributed by atoms with Gasteiger partial charge in [0.1, 0.15) is 0 Å². The molecule has 1 unspecified atom stereocenters. The van der Waals surface area contributed by atoms with Gasteiger partial charge in [-0.3, -0.25) is 4.79 Å². The Kier molecular flexibility index (Phi) is 5.84. The molecule has 0 fully saturated rings. The van der Waals surface area contributed by atoms with Crippen molar-refractivity contribution in [3.05, 3.63) is 83.9 Å². The Labute approximate surface area is 144 Å². The van der Waals surface area contributed by atoms with Crippen molar-refractivity contribution in [1.29, 1.82) is 0 Å². The number of allylic oxidation sites excluding steroid dienone is 2. The summed E-state index contributed by atoms with van der Waals surface area (Å²) in [4.78, 5) is 12.1. The zero-order valence-electron chi connectivity index (χ0n) is 14.0. The van der Waals surface area contributed by atoms with E-state index in [0.717, 1.165) is 19.3 Å². The van der Waals surface area contributed by atoms with Gasteiger partial charge < -0.3 is 5.32 Å². The number of rotatable bonds is 7. The molecule has 1 amide bonds. The van der Waals surface area contributed by atoms with Crippen LogP contribution in [0.1, 0.15) is 42.7 Å². The summed E-state index contributed by atoms with van der Waals surface area (Å²) in [5, 5.41) is 3.11. The molecule has 1 aliphatic rings. The topological polar surface area (TPSA) is 29.1 Å². The predicted octanol–water partition coefficient (Wildman–Crippen LogP) is 4.68. The number of hydrogen-bond acceptors (Lipinski definition) is 1. The van der Waals surface area contributed by atoms with Crippen molar-refractivity contribution in [2.24, 2.45) is 5.92 Å². The number of nitrogens with one attached hydrogen (secondary N) is 1. The molecule has 0 spiro atoms. The van der Waals surface area contributed by atoms with E-state index in [-0.39, 0.29) is 5.91 Å². The molecule has 0 saturated heterocycles. The van der Waals surface area contributed by atoms with Crippen molar-refractivity contribution in [1.82, 2.24) is 5.32 Å². The lowest BCUT2D eigenvalue weighted by Crippen LogP contribution is -2.27. The van der Waals surface area contributed by atoms with Crippen LogP contribution in [0.15, 0.2) is 72.8 Å². The molecule has 3 rings (SSSR count). The molecule has 2 aromatic rings. The normalized spacial score (nSPS) is 16.5. The zero-order valence-corrected chi connectivity index (χ0v) is 14.0. The van der Waals surface area contributed by atoms with Gasteiger partial charge in [-0.05, 0) is 36.3 Å². The molecule has 0 heterocycles. The second-order valence-corrected chi connectivity index (χ2v) is 6.48. The Morgan fingerprint density at radius 2 is 1.62 bits per heavy atom. The van der Waals surface area contributed by atoms with Gasteiger partial charge in [0.15, 0.2) is 0 Å². The van der Waals surface area contributed by atoms with Gasteiger partial charge in [0.2, 0.25) is 5.91 Å². The number of carbonyl (C=O) groups is 1. The third-order valence-electron chi connectivity index (χ3n) is 4.72. The largest absolute Gasteiger partial charge is 0.356 e. The van der Waals surface area contributed by atoms with Crippen molar-refractivity contribution < 1.29 is 4.79 Å². The summed E-state index contributed by atoms with van der Waals surface area (Å²) in [6.45, 7) is 0.712. The van der Waals surface area contributed by atoms with E-state index in [4.69, 9.17) is 0 Å². The lowest BCUT2D eigenvalue weighted by molar-refractivity contribution is -0.121. The molecular formula is C22H25NO. The van der Waals surface area contributed by atoms with Crippen molar-refractivity contribution >= 4 is 5.91 Å². The van der Waals surface area contributed by atoms with Crippen molar-refractivity contribution in [2.45, 2.75) is 31.6 Å². The van der Waals surface area contributed by atoms with Gasteiger partial charge in [-0.15, -0.1) is 0 Å². The highest BCUT2D eigenvalue weighted by atomic mass is 16.1. The van der Waals surface area contributed by atoms with Crippen LogP contribution in [0, 0.1) is 5.92 Å². The second kappa shape index (κ2) is 8.49. The lowest BCUT2D eigenvalue weighted by atomic mass is 9.88. The Bertz CT molecular complexity index is 623. The van der Waals surface area contributed by atoms with Crippen molar-refractivity contribution in [3.8, 4) is 0 Å². The summed E-state index contributed by atoms with van der Waals surface area (Å²) >= 11 is 0. The first kappa shape index (κ1) is 16.5. The minimum atomic E-state index is 0.173. The van der Waals surface area contributed by atoms with Gasteiger partial charge in [-0.2, -0.15) is 0 Å². The first-order valence-electron chi connectivity index (χ1n) is 8.86. The molecule has 0 aromatic heterocycles. The average Bonchev–Trinajstić information content (AvgIpc) is 3.13. The smallest absolute Gasteiger partial charge is 0.220 e. The summed E-state index contributed by atoms with van der Waals surface area (Å²) in [7, 11) is 0. The van der Waals surface area contributed by atoms with Crippen LogP contribution in [-0.2, 0) is 4.79 Å². The third-order valence-corrected chi connectivity index (χ3v) is 4.72. The van der Waals surface area contributed by atoms with E-state index < -0.39 is 0 Å². The summed E-state index contributed by atoms with van der Waals surface area (Å²) in [6.07, 6.45) is 8.12. The standard InChI is InChI=1S/C22H25NO/c24-22(17-18-9-7-8-10-18)23-16-15-21(19-11-3-1-4-12-19)20-13-5-2-6-14-20/h1-7,9,11-14,18,21H,8,10,15-17H2,(H,23,24). The highest BCUT2D eigenvalue weighted by Gasteiger charge is 2.16. The summed E-state index contributed by atoms with van der Waals surface area (Å²) < 4.78 is 0. The molecule has 124 valence electrons. The SMILES string of the molecule is O=C(CC1C=CCC1)NCCC(c1ccccc1)c1ccccc1. The van der Waals surface area contributed by atoms with E-state index in [2.05, 4.69) is 66.0 Å².